The van der Waals surface area contributed by atoms with Crippen molar-refractivity contribution in [2.45, 2.75) is 23.6 Å². The van der Waals surface area contributed by atoms with Gasteiger partial charge in [0.15, 0.2) is 5.78 Å². The number of carbonyl (C=O) groups excluding carboxylic acids is 1. The number of sulfonamides is 2. The summed E-state index contributed by atoms with van der Waals surface area (Å²) >= 11 is 0. The molecule has 0 unspecified atom stereocenters. The average molecular weight is 585 g/mol. The number of carbonyl (C=O) groups is 1. The van der Waals surface area contributed by atoms with Crippen molar-refractivity contribution in [2.24, 2.45) is 5.41 Å². The first-order chi connectivity index (χ1) is 18.8. The predicted molar refractivity (Wildman–Crippen MR) is 146 cm³/mol. The van der Waals surface area contributed by atoms with Gasteiger partial charge >= 0.3 is 0 Å². The van der Waals surface area contributed by atoms with Crippen LogP contribution in [-0.2, 0) is 20.0 Å². The van der Waals surface area contributed by atoms with Gasteiger partial charge in [-0.25, -0.2) is 16.8 Å². The molecule has 2 heterocycles. The summed E-state index contributed by atoms with van der Waals surface area (Å²) in [6.45, 7) is 2.93. The van der Waals surface area contributed by atoms with Crippen molar-refractivity contribution in [3.8, 4) is 0 Å². The second kappa shape index (κ2) is 10.2. The minimum atomic E-state index is -4.04. The fourth-order valence-corrected chi connectivity index (χ4v) is 8.29. The third-order valence-corrected chi connectivity index (χ3v) is 10.9. The Bertz CT molecular complexity index is 1600. The minimum absolute atomic E-state index is 0.0123. The molecule has 5 rings (SSSR count). The van der Waals surface area contributed by atoms with E-state index in [1.54, 1.807) is 29.2 Å². The molecule has 0 atom stereocenters. The first-order valence-corrected chi connectivity index (χ1v) is 15.4. The summed E-state index contributed by atoms with van der Waals surface area (Å²) in [7, 11) is -8.09. The molecule has 2 saturated heterocycles. The lowest BCUT2D eigenvalue weighted by molar-refractivity contribution is -0.384. The number of nitrogens with zero attached hydrogens (tertiary/aromatic N) is 4. The number of aryl methyl sites for hydroxylation is 2. The number of nitro benzene ring substituents is 1. The SMILES string of the molecule is Cc1ccc(S(=O)(=O)N2CN3CN(S(=O)(=O)c4ccc(C)cc4)CC(C(=O)c4cccc([N+](=O)[O-])c4)(C3)C2)cc1. The molecule has 0 amide bonds. The van der Waals surface area contributed by atoms with Gasteiger partial charge in [0.05, 0.1) is 33.5 Å². The number of fused-ring (bicyclic) bond motifs is 2. The lowest BCUT2D eigenvalue weighted by Gasteiger charge is -2.52. The number of nitro groups is 1. The van der Waals surface area contributed by atoms with Crippen LogP contribution in [0.3, 0.4) is 0 Å². The molecule has 13 heteroatoms. The van der Waals surface area contributed by atoms with Crippen LogP contribution in [0.15, 0.2) is 82.6 Å². The lowest BCUT2D eigenvalue weighted by atomic mass is 9.77. The highest BCUT2D eigenvalue weighted by Crippen LogP contribution is 2.39. The summed E-state index contributed by atoms with van der Waals surface area (Å²) in [6, 6.07) is 17.9. The molecule has 0 saturated carbocycles. The summed E-state index contributed by atoms with van der Waals surface area (Å²) in [5.41, 5.74) is -0.0290. The van der Waals surface area contributed by atoms with E-state index in [9.17, 15) is 31.7 Å². The highest BCUT2D eigenvalue weighted by Gasteiger charge is 2.54. The zero-order valence-electron chi connectivity index (χ0n) is 21.9. The Labute approximate surface area is 232 Å². The van der Waals surface area contributed by atoms with Gasteiger partial charge < -0.3 is 0 Å². The molecule has 0 N–H and O–H groups in total. The Morgan fingerprint density at radius 2 is 1.25 bits per heavy atom. The van der Waals surface area contributed by atoms with E-state index in [1.807, 2.05) is 13.8 Å². The van der Waals surface area contributed by atoms with Gasteiger partial charge in [0.25, 0.3) is 5.69 Å². The van der Waals surface area contributed by atoms with E-state index in [0.717, 1.165) is 17.2 Å². The van der Waals surface area contributed by atoms with Crippen LogP contribution in [-0.4, -0.2) is 74.0 Å². The Hall–Kier alpha value is -3.49. The van der Waals surface area contributed by atoms with Crippen molar-refractivity contribution in [3.05, 3.63) is 99.6 Å². The van der Waals surface area contributed by atoms with Gasteiger partial charge in [-0.1, -0.05) is 47.5 Å². The number of hydrogen-bond donors (Lipinski definition) is 0. The number of rotatable bonds is 7. The summed E-state index contributed by atoms with van der Waals surface area (Å²) in [4.78, 5) is 26.6. The molecule has 2 fully saturated rings. The molecule has 0 aliphatic carbocycles. The van der Waals surface area contributed by atoms with Crippen LogP contribution in [0.4, 0.5) is 5.69 Å². The van der Waals surface area contributed by atoms with E-state index < -0.39 is 36.2 Å². The first-order valence-electron chi connectivity index (χ1n) is 12.5. The molecule has 3 aromatic carbocycles. The number of benzene rings is 3. The van der Waals surface area contributed by atoms with Crippen molar-refractivity contribution >= 4 is 31.5 Å². The topological polar surface area (TPSA) is 138 Å². The van der Waals surface area contributed by atoms with Gasteiger partial charge in [0.2, 0.25) is 20.0 Å². The molecule has 2 aliphatic heterocycles. The minimum Gasteiger partial charge on any atom is -0.293 e. The number of ketones is 1. The van der Waals surface area contributed by atoms with Crippen LogP contribution in [0, 0.1) is 29.4 Å². The standard InChI is InChI=1S/C27H28N4O7S2/c1-20-6-10-24(11-7-20)39(35,36)29-16-27(26(32)22-4-3-5-23(14-22)31(33)34)15-28(18-29)19-30(17-27)40(37,38)25-12-8-21(2)9-13-25/h3-14H,15-19H2,1-2H3. The molecular weight excluding hydrogens is 556 g/mol. The molecule has 2 aliphatic rings. The van der Waals surface area contributed by atoms with Crippen LogP contribution in [0.5, 0.6) is 0 Å². The van der Waals surface area contributed by atoms with E-state index in [1.165, 1.54) is 51.1 Å². The van der Waals surface area contributed by atoms with E-state index in [2.05, 4.69) is 0 Å². The van der Waals surface area contributed by atoms with Crippen LogP contribution in [0.1, 0.15) is 21.5 Å². The maximum absolute atomic E-state index is 14.1. The largest absolute Gasteiger partial charge is 0.293 e. The van der Waals surface area contributed by atoms with Gasteiger partial charge in [0, 0.05) is 37.3 Å². The molecule has 2 bridgehead atoms. The van der Waals surface area contributed by atoms with Crippen molar-refractivity contribution in [2.75, 3.05) is 33.0 Å². The monoisotopic (exact) mass is 584 g/mol. The smallest absolute Gasteiger partial charge is 0.270 e. The first kappa shape index (κ1) is 28.1. The average Bonchev–Trinajstić information content (AvgIpc) is 2.92. The molecule has 0 spiro atoms. The summed E-state index contributed by atoms with van der Waals surface area (Å²) < 4.78 is 57.1. The summed E-state index contributed by atoms with van der Waals surface area (Å²) in [5, 5.41) is 11.4. The molecule has 210 valence electrons. The Balaban J connectivity index is 1.58. The molecule has 0 radical (unpaired) electrons. The Morgan fingerprint density at radius 1 is 0.775 bits per heavy atom. The Kier molecular flexibility index (Phi) is 7.13. The van der Waals surface area contributed by atoms with Gasteiger partial charge in [-0.2, -0.15) is 8.61 Å². The highest BCUT2D eigenvalue weighted by molar-refractivity contribution is 7.89. The maximum atomic E-state index is 14.1. The molecule has 3 aromatic rings. The van der Waals surface area contributed by atoms with E-state index in [4.69, 9.17) is 0 Å². The summed E-state index contributed by atoms with van der Waals surface area (Å²) in [6.07, 6.45) is 0. The Morgan fingerprint density at radius 3 is 1.70 bits per heavy atom. The van der Waals surface area contributed by atoms with Gasteiger partial charge in [-0.15, -0.1) is 0 Å². The predicted octanol–water partition coefficient (Wildman–Crippen LogP) is 3.01. The zero-order valence-corrected chi connectivity index (χ0v) is 23.6. The molecule has 0 aromatic heterocycles. The zero-order chi connectivity index (χ0) is 28.9. The van der Waals surface area contributed by atoms with Gasteiger partial charge in [-0.3, -0.25) is 19.8 Å². The fourth-order valence-electron chi connectivity index (χ4n) is 5.27. The molecular formula is C27H28N4O7S2. The van der Waals surface area contributed by atoms with Crippen molar-refractivity contribution < 1.29 is 26.6 Å². The number of hydrogen-bond acceptors (Lipinski definition) is 8. The molecule has 40 heavy (non-hydrogen) atoms. The van der Waals surface area contributed by atoms with E-state index >= 15 is 0 Å². The van der Waals surface area contributed by atoms with Crippen molar-refractivity contribution in [1.82, 2.24) is 13.5 Å². The van der Waals surface area contributed by atoms with Crippen molar-refractivity contribution in [1.29, 1.82) is 0 Å². The normalized spacial score (nSPS) is 22.1. The second-order valence-corrected chi connectivity index (χ2v) is 14.3. The van der Waals surface area contributed by atoms with Crippen LogP contribution >= 0.6 is 0 Å². The lowest BCUT2D eigenvalue weighted by Crippen LogP contribution is -2.69. The van der Waals surface area contributed by atoms with Crippen LogP contribution < -0.4 is 0 Å². The van der Waals surface area contributed by atoms with Crippen LogP contribution in [0.2, 0.25) is 0 Å². The summed E-state index contributed by atoms with van der Waals surface area (Å²) in [5.74, 6) is -0.561. The number of non-ortho nitro benzene ring substituents is 1. The fraction of sp³-hybridized carbons (Fsp3) is 0.296. The number of Topliss-reactive ketones (excluding diaryl/α,β-unsaturated/α-hetero) is 1. The molecule has 11 nitrogen and oxygen atoms in total. The van der Waals surface area contributed by atoms with E-state index in [0.29, 0.717) is 0 Å². The van der Waals surface area contributed by atoms with E-state index in [-0.39, 0.29) is 54.0 Å². The second-order valence-electron chi connectivity index (χ2n) is 10.4. The third kappa shape index (κ3) is 5.06. The third-order valence-electron chi connectivity index (χ3n) is 7.32. The van der Waals surface area contributed by atoms with Crippen molar-refractivity contribution in [3.63, 3.8) is 0 Å². The highest BCUT2D eigenvalue weighted by atomic mass is 32.2. The van der Waals surface area contributed by atoms with Crippen LogP contribution in [0.25, 0.3) is 0 Å². The van der Waals surface area contributed by atoms with Gasteiger partial charge in [-0.05, 0) is 38.1 Å². The quantitative estimate of drug-likeness (QED) is 0.235. The van der Waals surface area contributed by atoms with Gasteiger partial charge in [0.1, 0.15) is 0 Å². The maximum Gasteiger partial charge on any atom is 0.270 e.